The second-order valence-electron chi connectivity index (χ2n) is 6.68. The molecule has 0 saturated heterocycles. The predicted octanol–water partition coefficient (Wildman–Crippen LogP) is 3.59. The average molecular weight is 373 g/mol. The highest BCUT2D eigenvalue weighted by molar-refractivity contribution is 5.78. The predicted molar refractivity (Wildman–Crippen MR) is 104 cm³/mol. The van der Waals surface area contributed by atoms with Crippen LogP contribution in [0.4, 0.5) is 11.6 Å². The van der Waals surface area contributed by atoms with Gasteiger partial charge < -0.3 is 14.6 Å². The van der Waals surface area contributed by atoms with Crippen LogP contribution in [0.2, 0.25) is 0 Å². The average Bonchev–Trinajstić information content (AvgIpc) is 3.13. The van der Waals surface area contributed by atoms with Crippen LogP contribution >= 0.6 is 0 Å². The molecule has 3 aromatic rings. The molecule has 3 heterocycles. The number of aromatic nitrogens is 2. The van der Waals surface area contributed by atoms with Gasteiger partial charge in [0.25, 0.3) is 0 Å². The van der Waals surface area contributed by atoms with E-state index in [0.29, 0.717) is 31.2 Å². The fourth-order valence-corrected chi connectivity index (χ4v) is 3.24. The van der Waals surface area contributed by atoms with E-state index in [2.05, 4.69) is 15.3 Å². The highest BCUT2D eigenvalue weighted by atomic mass is 16.3. The summed E-state index contributed by atoms with van der Waals surface area (Å²) in [7, 11) is 0. The number of fused-ring (bicyclic) bond motifs is 1. The zero-order valence-corrected chi connectivity index (χ0v) is 15.5. The molecule has 140 valence electrons. The van der Waals surface area contributed by atoms with E-state index in [0.717, 1.165) is 28.3 Å². The van der Waals surface area contributed by atoms with E-state index in [1.54, 1.807) is 11.1 Å². The number of nitrogens with one attached hydrogen (secondary N) is 1. The first kappa shape index (κ1) is 17.7. The van der Waals surface area contributed by atoms with Gasteiger partial charge in [0.2, 0.25) is 11.9 Å². The molecular formula is C21H19N5O2. The number of para-hydroxylation sites is 1. The number of hydrogen-bond donors (Lipinski definition) is 1. The van der Waals surface area contributed by atoms with E-state index in [9.17, 15) is 4.79 Å². The second-order valence-corrected chi connectivity index (χ2v) is 6.68. The van der Waals surface area contributed by atoms with Crippen LogP contribution in [0.15, 0.2) is 47.0 Å². The molecule has 1 aromatic carbocycles. The van der Waals surface area contributed by atoms with E-state index in [1.165, 1.54) is 0 Å². The Labute approximate surface area is 162 Å². The number of hydrogen-bond acceptors (Lipinski definition) is 6. The fraction of sp³-hybridized carbons (Fsp3) is 0.238. The monoisotopic (exact) mass is 373 g/mol. The Morgan fingerprint density at radius 2 is 2.18 bits per heavy atom. The van der Waals surface area contributed by atoms with Crippen molar-refractivity contribution >= 4 is 17.5 Å². The zero-order valence-electron chi connectivity index (χ0n) is 15.5. The first-order chi connectivity index (χ1) is 13.6. The third kappa shape index (κ3) is 3.58. The lowest BCUT2D eigenvalue weighted by atomic mass is 10.1. The number of anilines is 2. The number of benzene rings is 1. The van der Waals surface area contributed by atoms with Gasteiger partial charge in [0.1, 0.15) is 17.9 Å². The number of nitrogens with zero attached hydrogens (tertiary/aromatic N) is 4. The molecule has 0 fully saturated rings. The van der Waals surface area contributed by atoms with Crippen molar-refractivity contribution in [2.45, 2.75) is 26.3 Å². The molecule has 2 aromatic heterocycles. The van der Waals surface area contributed by atoms with Crippen molar-refractivity contribution in [3.63, 3.8) is 0 Å². The van der Waals surface area contributed by atoms with E-state index < -0.39 is 0 Å². The quantitative estimate of drug-likeness (QED) is 0.751. The van der Waals surface area contributed by atoms with Crippen molar-refractivity contribution in [1.29, 1.82) is 5.26 Å². The van der Waals surface area contributed by atoms with Gasteiger partial charge >= 0.3 is 0 Å². The van der Waals surface area contributed by atoms with Gasteiger partial charge in [-0.3, -0.25) is 4.79 Å². The number of carbonyl (C=O) groups is 1. The number of amides is 1. The molecule has 7 nitrogen and oxygen atoms in total. The maximum atomic E-state index is 12.0. The molecule has 0 atom stereocenters. The van der Waals surface area contributed by atoms with Crippen LogP contribution in [0.3, 0.4) is 0 Å². The lowest BCUT2D eigenvalue weighted by molar-refractivity contribution is -0.131. The minimum Gasteiger partial charge on any atom is -0.459 e. The maximum Gasteiger partial charge on any atom is 0.237 e. The number of carbonyl (C=O) groups excluding carboxylic acids is 1. The molecule has 7 heteroatoms. The summed E-state index contributed by atoms with van der Waals surface area (Å²) in [6.45, 7) is 2.95. The number of aryl methyl sites for hydroxylation is 1. The van der Waals surface area contributed by atoms with Crippen molar-refractivity contribution < 1.29 is 9.21 Å². The third-order valence-corrected chi connectivity index (χ3v) is 4.68. The molecule has 4 rings (SSSR count). The van der Waals surface area contributed by atoms with Crippen molar-refractivity contribution in [1.82, 2.24) is 14.9 Å². The summed E-state index contributed by atoms with van der Waals surface area (Å²) in [5.74, 6) is 1.87. The van der Waals surface area contributed by atoms with Crippen LogP contribution in [0.5, 0.6) is 0 Å². The zero-order chi connectivity index (χ0) is 19.5. The van der Waals surface area contributed by atoms with Gasteiger partial charge in [-0.1, -0.05) is 18.2 Å². The van der Waals surface area contributed by atoms with Gasteiger partial charge in [-0.25, -0.2) is 9.97 Å². The number of furan rings is 1. The smallest absolute Gasteiger partial charge is 0.237 e. The van der Waals surface area contributed by atoms with E-state index in [4.69, 9.17) is 9.68 Å². The Bertz CT molecular complexity index is 1050. The Balaban J connectivity index is 1.59. The molecule has 0 bridgehead atoms. The van der Waals surface area contributed by atoms with Crippen LogP contribution < -0.4 is 5.32 Å². The summed E-state index contributed by atoms with van der Waals surface area (Å²) in [5, 5.41) is 11.9. The number of rotatable bonds is 4. The normalized spacial score (nSPS) is 12.9. The maximum absolute atomic E-state index is 12.0. The molecule has 1 N–H and O–H groups in total. The van der Waals surface area contributed by atoms with Crippen molar-refractivity contribution in [2.24, 2.45) is 0 Å². The van der Waals surface area contributed by atoms with E-state index >= 15 is 0 Å². The van der Waals surface area contributed by atoms with Crippen molar-refractivity contribution in [3.05, 3.63) is 59.5 Å². The topological polar surface area (TPSA) is 95.1 Å². The van der Waals surface area contributed by atoms with Gasteiger partial charge in [-0.05, 0) is 30.7 Å². The minimum atomic E-state index is -0.150. The highest BCUT2D eigenvalue weighted by Gasteiger charge is 2.25. The Morgan fingerprint density at radius 3 is 2.96 bits per heavy atom. The van der Waals surface area contributed by atoms with Crippen LogP contribution in [-0.4, -0.2) is 27.3 Å². The van der Waals surface area contributed by atoms with Gasteiger partial charge in [0.15, 0.2) is 5.76 Å². The standard InChI is InChI=1S/C21H19N5O2/c1-14-12-23-21(24-16-5-3-2-4-6-16)25-20(14)18-11-15-13-26(19(27)7-9-22)10-8-17(15)28-18/h2-6,11-12H,7-8,10,13H2,1H3,(H,23,24,25). The molecule has 1 amide bonds. The van der Waals surface area contributed by atoms with E-state index in [-0.39, 0.29) is 12.3 Å². The van der Waals surface area contributed by atoms with Crippen LogP contribution in [0.25, 0.3) is 11.5 Å². The summed E-state index contributed by atoms with van der Waals surface area (Å²) in [5.41, 5.74) is 3.49. The van der Waals surface area contributed by atoms with E-state index in [1.807, 2.05) is 49.4 Å². The first-order valence-corrected chi connectivity index (χ1v) is 9.06. The molecule has 0 unspecified atom stereocenters. The van der Waals surface area contributed by atoms with Gasteiger partial charge in [0.05, 0.1) is 6.07 Å². The summed E-state index contributed by atoms with van der Waals surface area (Å²) in [6.07, 6.45) is 2.29. The largest absolute Gasteiger partial charge is 0.459 e. The van der Waals surface area contributed by atoms with Crippen molar-refractivity contribution in [2.75, 3.05) is 11.9 Å². The summed E-state index contributed by atoms with van der Waals surface area (Å²) in [4.78, 5) is 22.7. The molecular weight excluding hydrogens is 354 g/mol. The molecule has 0 spiro atoms. The molecule has 0 radical (unpaired) electrons. The lowest BCUT2D eigenvalue weighted by Gasteiger charge is -2.25. The highest BCUT2D eigenvalue weighted by Crippen LogP contribution is 2.31. The molecule has 1 aliphatic rings. The van der Waals surface area contributed by atoms with Crippen molar-refractivity contribution in [3.8, 4) is 17.5 Å². The van der Waals surface area contributed by atoms with Crippen LogP contribution in [0.1, 0.15) is 23.3 Å². The Hall–Kier alpha value is -3.66. The van der Waals surface area contributed by atoms with Gasteiger partial charge in [0, 0.05) is 37.0 Å². The van der Waals surface area contributed by atoms with Crippen LogP contribution in [-0.2, 0) is 17.8 Å². The van der Waals surface area contributed by atoms with Gasteiger partial charge in [-0.2, -0.15) is 5.26 Å². The number of nitriles is 1. The van der Waals surface area contributed by atoms with Crippen LogP contribution in [0, 0.1) is 18.3 Å². The minimum absolute atomic E-state index is 0.0976. The second kappa shape index (κ2) is 7.53. The molecule has 1 aliphatic heterocycles. The fourth-order valence-electron chi connectivity index (χ4n) is 3.24. The molecule has 0 saturated carbocycles. The summed E-state index contributed by atoms with van der Waals surface area (Å²) >= 11 is 0. The molecule has 0 aliphatic carbocycles. The molecule has 28 heavy (non-hydrogen) atoms. The van der Waals surface area contributed by atoms with Gasteiger partial charge in [-0.15, -0.1) is 0 Å². The summed E-state index contributed by atoms with van der Waals surface area (Å²) in [6, 6.07) is 13.6. The SMILES string of the molecule is Cc1cnc(Nc2ccccc2)nc1-c1cc2c(o1)CCN(C(=O)CC#N)C2. The Kier molecular flexibility index (Phi) is 4.77. The first-order valence-electron chi connectivity index (χ1n) is 9.06. The lowest BCUT2D eigenvalue weighted by Crippen LogP contribution is -2.35. The Morgan fingerprint density at radius 1 is 1.36 bits per heavy atom. The summed E-state index contributed by atoms with van der Waals surface area (Å²) < 4.78 is 6.05. The third-order valence-electron chi connectivity index (χ3n) is 4.68.